The van der Waals surface area contributed by atoms with Gasteiger partial charge in [-0.1, -0.05) is 0 Å². The van der Waals surface area contributed by atoms with Crippen LogP contribution in [0, 0.1) is 27.4 Å². The Morgan fingerprint density at radius 1 is 1.59 bits per heavy atom. The molecule has 1 aromatic carbocycles. The highest BCUT2D eigenvalue weighted by Crippen LogP contribution is 2.24. The highest BCUT2D eigenvalue weighted by Gasteiger charge is 2.16. The van der Waals surface area contributed by atoms with E-state index in [4.69, 9.17) is 10.4 Å². The number of nitro benzene ring substituents is 1. The van der Waals surface area contributed by atoms with Gasteiger partial charge in [-0.2, -0.15) is 9.65 Å². The highest BCUT2D eigenvalue weighted by molar-refractivity contribution is 5.56. The van der Waals surface area contributed by atoms with Crippen molar-refractivity contribution in [3.63, 3.8) is 0 Å². The number of aliphatic hydroxyl groups is 1. The van der Waals surface area contributed by atoms with Crippen molar-refractivity contribution in [2.75, 3.05) is 18.1 Å². The molecule has 0 saturated heterocycles. The number of nitrogens with zero attached hydrogens (tertiary/aromatic N) is 3. The Balaban J connectivity index is 3.01. The van der Waals surface area contributed by atoms with Crippen LogP contribution in [0.3, 0.4) is 0 Å². The number of hydrogen-bond donors (Lipinski definition) is 1. The summed E-state index contributed by atoms with van der Waals surface area (Å²) in [4.78, 5) is 10.8. The summed E-state index contributed by atoms with van der Waals surface area (Å²) in [5.74, 6) is -0.946. The molecule has 1 aromatic rings. The maximum absolute atomic E-state index is 13.1. The van der Waals surface area contributed by atoms with Gasteiger partial charge >= 0.3 is 5.69 Å². The fourth-order valence-corrected chi connectivity index (χ4v) is 1.27. The van der Waals surface area contributed by atoms with E-state index in [0.29, 0.717) is 6.42 Å². The van der Waals surface area contributed by atoms with E-state index < -0.39 is 16.4 Å². The number of anilines is 1. The lowest BCUT2D eigenvalue weighted by atomic mass is 10.2. The second kappa shape index (κ2) is 5.77. The van der Waals surface area contributed by atoms with Gasteiger partial charge in [-0.3, -0.25) is 15.0 Å². The molecule has 0 amide bonds. The van der Waals surface area contributed by atoms with Gasteiger partial charge in [0.25, 0.3) is 0 Å². The van der Waals surface area contributed by atoms with Crippen LogP contribution in [-0.2, 0) is 0 Å². The molecule has 0 bridgehead atoms. The van der Waals surface area contributed by atoms with Gasteiger partial charge < -0.3 is 5.11 Å². The Morgan fingerprint density at radius 2 is 2.29 bits per heavy atom. The molecule has 0 heterocycles. The normalized spacial score (nSPS) is 9.71. The smallest absolute Gasteiger partial charge is 0.306 e. The largest absolute Gasteiger partial charge is 0.396 e. The first-order chi connectivity index (χ1) is 8.10. The Hall–Kier alpha value is -2.20. The summed E-state index contributed by atoms with van der Waals surface area (Å²) in [5, 5.41) is 28.0. The summed E-state index contributed by atoms with van der Waals surface area (Å²) in [5.41, 5.74) is -0.444. The fourth-order valence-electron chi connectivity index (χ4n) is 1.27. The Labute approximate surface area is 96.7 Å². The molecule has 0 aliphatic heterocycles. The number of halogens is 1. The first-order valence-electron chi connectivity index (χ1n) is 4.82. The molecule has 0 aliphatic carbocycles. The van der Waals surface area contributed by atoms with Gasteiger partial charge in [0.05, 0.1) is 10.6 Å². The van der Waals surface area contributed by atoms with Crippen LogP contribution >= 0.6 is 0 Å². The third kappa shape index (κ3) is 3.12. The molecule has 1 rings (SSSR count). The van der Waals surface area contributed by atoms with E-state index in [1.807, 2.05) is 6.19 Å². The minimum atomic E-state index is -0.946. The molecule has 0 saturated carbocycles. The predicted molar refractivity (Wildman–Crippen MR) is 57.7 cm³/mol. The van der Waals surface area contributed by atoms with Crippen LogP contribution in [0.4, 0.5) is 15.8 Å². The second-order valence-electron chi connectivity index (χ2n) is 3.22. The maximum atomic E-state index is 13.1. The first kappa shape index (κ1) is 12.9. The standard InChI is InChI=1S/C10H10FN3O3/c11-9-3-2-8(6-10(9)14(16)17)13(7-12)4-1-5-15/h2-3,6,15H,1,4-5H2. The summed E-state index contributed by atoms with van der Waals surface area (Å²) in [6.45, 7) is 0.122. The first-order valence-corrected chi connectivity index (χ1v) is 4.82. The summed E-state index contributed by atoms with van der Waals surface area (Å²) in [6.07, 6.45) is 2.16. The molecular weight excluding hydrogens is 229 g/mol. The molecule has 0 radical (unpaired) electrons. The predicted octanol–water partition coefficient (Wildman–Crippen LogP) is 1.40. The molecule has 7 heteroatoms. The average molecular weight is 239 g/mol. The SMILES string of the molecule is N#CN(CCCO)c1ccc(F)c([N+](=O)[O-])c1. The number of hydrogen-bond acceptors (Lipinski definition) is 5. The van der Waals surface area contributed by atoms with E-state index in [2.05, 4.69) is 0 Å². The van der Waals surface area contributed by atoms with Crippen molar-refractivity contribution in [1.29, 1.82) is 5.26 Å². The number of nitro groups is 1. The minimum Gasteiger partial charge on any atom is -0.396 e. The van der Waals surface area contributed by atoms with E-state index in [0.717, 1.165) is 17.0 Å². The molecule has 0 fully saturated rings. The van der Waals surface area contributed by atoms with Crippen LogP contribution in [0.2, 0.25) is 0 Å². The molecule has 17 heavy (non-hydrogen) atoms. The van der Waals surface area contributed by atoms with Crippen LogP contribution in [0.1, 0.15) is 6.42 Å². The van der Waals surface area contributed by atoms with E-state index in [9.17, 15) is 14.5 Å². The van der Waals surface area contributed by atoms with Gasteiger partial charge in [0.15, 0.2) is 6.19 Å². The Morgan fingerprint density at radius 3 is 2.82 bits per heavy atom. The summed E-state index contributed by atoms with van der Waals surface area (Å²) >= 11 is 0. The molecule has 6 nitrogen and oxygen atoms in total. The topological polar surface area (TPSA) is 90.4 Å². The van der Waals surface area contributed by atoms with Gasteiger partial charge in [-0.15, -0.1) is 0 Å². The van der Waals surface area contributed by atoms with Crippen LogP contribution < -0.4 is 4.90 Å². The Kier molecular flexibility index (Phi) is 4.37. The molecular formula is C10H10FN3O3. The molecule has 0 atom stereocenters. The summed E-state index contributed by atoms with van der Waals surface area (Å²) < 4.78 is 13.1. The molecule has 0 aromatic heterocycles. The number of benzene rings is 1. The second-order valence-corrected chi connectivity index (χ2v) is 3.22. The van der Waals surface area contributed by atoms with E-state index in [1.165, 1.54) is 6.07 Å². The van der Waals surface area contributed by atoms with Crippen molar-refractivity contribution < 1.29 is 14.4 Å². The molecule has 1 N–H and O–H groups in total. The maximum Gasteiger partial charge on any atom is 0.306 e. The minimum absolute atomic E-state index is 0.0958. The third-order valence-electron chi connectivity index (χ3n) is 2.10. The van der Waals surface area contributed by atoms with Gasteiger partial charge in [0.1, 0.15) is 0 Å². The quantitative estimate of drug-likeness (QED) is 0.363. The zero-order valence-electron chi connectivity index (χ0n) is 8.84. The lowest BCUT2D eigenvalue weighted by Gasteiger charge is -2.14. The van der Waals surface area contributed by atoms with Gasteiger partial charge in [-0.05, 0) is 18.6 Å². The van der Waals surface area contributed by atoms with Gasteiger partial charge in [0, 0.05) is 19.2 Å². The van der Waals surface area contributed by atoms with Crippen molar-refractivity contribution in [3.05, 3.63) is 34.1 Å². The lowest BCUT2D eigenvalue weighted by Crippen LogP contribution is -2.18. The zero-order chi connectivity index (χ0) is 12.8. The van der Waals surface area contributed by atoms with Crippen molar-refractivity contribution in [1.82, 2.24) is 0 Å². The van der Waals surface area contributed by atoms with Crippen LogP contribution in [0.15, 0.2) is 18.2 Å². The van der Waals surface area contributed by atoms with Crippen LogP contribution in [-0.4, -0.2) is 23.2 Å². The van der Waals surface area contributed by atoms with Crippen molar-refractivity contribution in [3.8, 4) is 6.19 Å². The molecule has 0 unspecified atom stereocenters. The average Bonchev–Trinajstić information content (AvgIpc) is 2.31. The van der Waals surface area contributed by atoms with E-state index in [1.54, 1.807) is 0 Å². The highest BCUT2D eigenvalue weighted by atomic mass is 19.1. The molecule has 0 spiro atoms. The molecule has 90 valence electrons. The van der Waals surface area contributed by atoms with Crippen molar-refractivity contribution in [2.24, 2.45) is 0 Å². The van der Waals surface area contributed by atoms with Crippen molar-refractivity contribution >= 4 is 11.4 Å². The summed E-state index contributed by atoms with van der Waals surface area (Å²) in [6, 6.07) is 3.22. The number of rotatable bonds is 5. The van der Waals surface area contributed by atoms with Crippen LogP contribution in [0.5, 0.6) is 0 Å². The van der Waals surface area contributed by atoms with Crippen LogP contribution in [0.25, 0.3) is 0 Å². The third-order valence-corrected chi connectivity index (χ3v) is 2.10. The van der Waals surface area contributed by atoms with Crippen molar-refractivity contribution in [2.45, 2.75) is 6.42 Å². The summed E-state index contributed by atoms with van der Waals surface area (Å²) in [7, 11) is 0. The fraction of sp³-hybridized carbons (Fsp3) is 0.300. The van der Waals surface area contributed by atoms with E-state index in [-0.39, 0.29) is 18.8 Å². The lowest BCUT2D eigenvalue weighted by molar-refractivity contribution is -0.387. The van der Waals surface area contributed by atoms with Gasteiger partial charge in [0.2, 0.25) is 5.82 Å². The zero-order valence-corrected chi connectivity index (χ0v) is 8.84. The number of nitriles is 1. The Bertz CT molecular complexity index is 459. The van der Waals surface area contributed by atoms with Gasteiger partial charge in [-0.25, -0.2) is 0 Å². The number of aliphatic hydroxyl groups excluding tert-OH is 1. The molecule has 0 aliphatic rings. The van der Waals surface area contributed by atoms with E-state index >= 15 is 0 Å². The monoisotopic (exact) mass is 239 g/mol.